The molecule has 0 bridgehead atoms. The van der Waals surface area contributed by atoms with E-state index in [1.54, 1.807) is 7.11 Å². The average Bonchev–Trinajstić information content (AvgIpc) is 2.78. The highest BCUT2D eigenvalue weighted by atomic mass is 79.9. The lowest BCUT2D eigenvalue weighted by Gasteiger charge is -2.03. The van der Waals surface area contributed by atoms with Crippen LogP contribution in [0.5, 0.6) is 5.75 Å². The Bertz CT molecular complexity index is 523. The van der Waals surface area contributed by atoms with Crippen LogP contribution in [-0.4, -0.2) is 12.3 Å². The van der Waals surface area contributed by atoms with E-state index in [1.807, 2.05) is 31.2 Å². The monoisotopic (exact) mass is 296 g/mol. The fourth-order valence-corrected chi connectivity index (χ4v) is 2.01. The number of hydrogen-bond acceptors (Lipinski definition) is 4. The highest BCUT2D eigenvalue weighted by molar-refractivity contribution is 9.10. The predicted octanol–water partition coefficient (Wildman–Crippen LogP) is 3.13. The Kier molecular flexibility index (Phi) is 3.49. The molecule has 1 unspecified atom stereocenters. The van der Waals surface area contributed by atoms with Crippen LogP contribution in [0, 0.1) is 0 Å². The Hall–Kier alpha value is -1.33. The maximum Gasteiger partial charge on any atom is 0.153 e. The van der Waals surface area contributed by atoms with Gasteiger partial charge in [-0.3, -0.25) is 0 Å². The number of rotatable bonds is 3. The zero-order valence-electron chi connectivity index (χ0n) is 9.61. The maximum atomic E-state index is 5.72. The van der Waals surface area contributed by atoms with Crippen molar-refractivity contribution >= 4 is 15.9 Å². The third-order valence-corrected chi connectivity index (χ3v) is 3.04. The maximum absolute atomic E-state index is 5.72. The summed E-state index contributed by atoms with van der Waals surface area (Å²) in [6.07, 6.45) is 0. The first-order valence-corrected chi connectivity index (χ1v) is 5.97. The van der Waals surface area contributed by atoms with Gasteiger partial charge in [0.2, 0.25) is 0 Å². The molecule has 1 aromatic heterocycles. The van der Waals surface area contributed by atoms with E-state index in [0.717, 1.165) is 21.5 Å². The standard InChI is InChI=1S/C12H13BrN2O2/c1-7(14)12-6-10(15-17-12)8-3-4-11(16-2)9(13)5-8/h3-7H,14H2,1-2H3. The molecule has 2 rings (SSSR count). The molecule has 0 radical (unpaired) electrons. The third-order valence-electron chi connectivity index (χ3n) is 2.42. The fourth-order valence-electron chi connectivity index (χ4n) is 1.47. The Morgan fingerprint density at radius 3 is 2.71 bits per heavy atom. The molecule has 1 heterocycles. The van der Waals surface area contributed by atoms with Gasteiger partial charge in [-0.1, -0.05) is 5.16 Å². The summed E-state index contributed by atoms with van der Waals surface area (Å²) < 4.78 is 11.2. The first kappa shape index (κ1) is 12.1. The number of nitrogens with two attached hydrogens (primary N) is 1. The lowest BCUT2D eigenvalue weighted by atomic mass is 10.1. The lowest BCUT2D eigenvalue weighted by Crippen LogP contribution is -2.02. The van der Waals surface area contributed by atoms with Crippen molar-refractivity contribution in [2.24, 2.45) is 5.73 Å². The van der Waals surface area contributed by atoms with Crippen LogP contribution in [0.2, 0.25) is 0 Å². The van der Waals surface area contributed by atoms with Gasteiger partial charge in [0.15, 0.2) is 5.76 Å². The molecule has 2 aromatic rings. The van der Waals surface area contributed by atoms with Crippen LogP contribution >= 0.6 is 15.9 Å². The van der Waals surface area contributed by atoms with Gasteiger partial charge in [-0.2, -0.15) is 0 Å². The van der Waals surface area contributed by atoms with Crippen molar-refractivity contribution in [3.05, 3.63) is 34.5 Å². The predicted molar refractivity (Wildman–Crippen MR) is 68.8 cm³/mol. The van der Waals surface area contributed by atoms with E-state index in [-0.39, 0.29) is 6.04 Å². The van der Waals surface area contributed by atoms with Gasteiger partial charge >= 0.3 is 0 Å². The van der Waals surface area contributed by atoms with Crippen LogP contribution in [0.3, 0.4) is 0 Å². The third kappa shape index (κ3) is 2.50. The van der Waals surface area contributed by atoms with Crippen molar-refractivity contribution in [1.82, 2.24) is 5.16 Å². The number of methoxy groups -OCH3 is 1. The van der Waals surface area contributed by atoms with Gasteiger partial charge in [0.25, 0.3) is 0 Å². The summed E-state index contributed by atoms with van der Waals surface area (Å²) in [7, 11) is 1.63. The SMILES string of the molecule is COc1ccc(-c2cc(C(C)N)on2)cc1Br. The number of halogens is 1. The molecular weight excluding hydrogens is 284 g/mol. The molecule has 90 valence electrons. The molecule has 5 heteroatoms. The molecule has 0 aliphatic heterocycles. The number of ether oxygens (including phenoxy) is 1. The fraction of sp³-hybridized carbons (Fsp3) is 0.250. The molecule has 0 spiro atoms. The van der Waals surface area contributed by atoms with Crippen molar-refractivity contribution in [2.75, 3.05) is 7.11 Å². The van der Waals surface area contributed by atoms with E-state index in [0.29, 0.717) is 5.76 Å². The molecule has 0 saturated carbocycles. The number of benzene rings is 1. The Morgan fingerprint density at radius 2 is 2.18 bits per heavy atom. The number of aromatic nitrogens is 1. The van der Waals surface area contributed by atoms with E-state index in [2.05, 4.69) is 21.1 Å². The number of nitrogens with zero attached hydrogens (tertiary/aromatic N) is 1. The largest absolute Gasteiger partial charge is 0.496 e. The summed E-state index contributed by atoms with van der Waals surface area (Å²) in [6.45, 7) is 1.86. The Morgan fingerprint density at radius 1 is 1.41 bits per heavy atom. The summed E-state index contributed by atoms with van der Waals surface area (Å²) in [5, 5.41) is 3.99. The van der Waals surface area contributed by atoms with Crippen molar-refractivity contribution in [1.29, 1.82) is 0 Å². The van der Waals surface area contributed by atoms with E-state index < -0.39 is 0 Å². The summed E-state index contributed by atoms with van der Waals surface area (Å²) in [5.74, 6) is 1.46. The van der Waals surface area contributed by atoms with Crippen LogP contribution in [0.25, 0.3) is 11.3 Å². The Labute approximate surface area is 108 Å². The topological polar surface area (TPSA) is 61.3 Å². The van der Waals surface area contributed by atoms with Gasteiger partial charge in [0.1, 0.15) is 11.4 Å². The molecule has 4 nitrogen and oxygen atoms in total. The second kappa shape index (κ2) is 4.89. The van der Waals surface area contributed by atoms with Crippen molar-refractivity contribution in [3.63, 3.8) is 0 Å². The highest BCUT2D eigenvalue weighted by Crippen LogP contribution is 2.30. The summed E-state index contributed by atoms with van der Waals surface area (Å²) >= 11 is 3.43. The van der Waals surface area contributed by atoms with Crippen molar-refractivity contribution in [2.45, 2.75) is 13.0 Å². The summed E-state index contributed by atoms with van der Waals surface area (Å²) in [5.41, 5.74) is 7.43. The molecule has 0 fully saturated rings. The number of hydrogen-bond donors (Lipinski definition) is 1. The summed E-state index contributed by atoms with van der Waals surface area (Å²) in [4.78, 5) is 0. The molecule has 17 heavy (non-hydrogen) atoms. The molecule has 1 atom stereocenters. The highest BCUT2D eigenvalue weighted by Gasteiger charge is 2.11. The minimum atomic E-state index is -0.155. The minimum absolute atomic E-state index is 0.155. The van der Waals surface area contributed by atoms with Gasteiger partial charge in [-0.25, -0.2) is 0 Å². The van der Waals surface area contributed by atoms with Crippen molar-refractivity contribution in [3.8, 4) is 17.0 Å². The normalized spacial score (nSPS) is 12.5. The molecular formula is C12H13BrN2O2. The van der Waals surface area contributed by atoms with E-state index in [9.17, 15) is 0 Å². The molecule has 0 aliphatic rings. The molecule has 2 N–H and O–H groups in total. The van der Waals surface area contributed by atoms with E-state index in [1.165, 1.54) is 0 Å². The second-order valence-electron chi connectivity index (χ2n) is 3.75. The zero-order chi connectivity index (χ0) is 12.4. The van der Waals surface area contributed by atoms with Gasteiger partial charge in [0, 0.05) is 11.6 Å². The molecule has 0 amide bonds. The minimum Gasteiger partial charge on any atom is -0.496 e. The van der Waals surface area contributed by atoms with Gasteiger partial charge in [-0.15, -0.1) is 0 Å². The molecule has 0 aliphatic carbocycles. The zero-order valence-corrected chi connectivity index (χ0v) is 11.2. The van der Waals surface area contributed by atoms with Crippen LogP contribution in [-0.2, 0) is 0 Å². The van der Waals surface area contributed by atoms with Gasteiger partial charge in [-0.05, 0) is 41.1 Å². The second-order valence-corrected chi connectivity index (χ2v) is 4.61. The van der Waals surface area contributed by atoms with Crippen molar-refractivity contribution < 1.29 is 9.26 Å². The Balaban J connectivity index is 2.36. The van der Waals surface area contributed by atoms with E-state index in [4.69, 9.17) is 15.0 Å². The van der Waals surface area contributed by atoms with Gasteiger partial charge in [0.05, 0.1) is 17.6 Å². The van der Waals surface area contributed by atoms with Crippen LogP contribution in [0.4, 0.5) is 0 Å². The first-order chi connectivity index (χ1) is 8.11. The van der Waals surface area contributed by atoms with Gasteiger partial charge < -0.3 is 15.0 Å². The first-order valence-electron chi connectivity index (χ1n) is 5.18. The molecule has 0 saturated heterocycles. The van der Waals surface area contributed by atoms with Crippen LogP contribution < -0.4 is 10.5 Å². The molecule has 1 aromatic carbocycles. The lowest BCUT2D eigenvalue weighted by molar-refractivity contribution is 0.369. The smallest absolute Gasteiger partial charge is 0.153 e. The van der Waals surface area contributed by atoms with Crippen LogP contribution in [0.15, 0.2) is 33.3 Å². The van der Waals surface area contributed by atoms with E-state index >= 15 is 0 Å². The quantitative estimate of drug-likeness (QED) is 0.945. The van der Waals surface area contributed by atoms with Crippen LogP contribution in [0.1, 0.15) is 18.7 Å². The summed E-state index contributed by atoms with van der Waals surface area (Å²) in [6, 6.07) is 7.42. The average molecular weight is 297 g/mol.